The van der Waals surface area contributed by atoms with Crippen LogP contribution in [0, 0.1) is 18.4 Å². The molecule has 3 nitrogen and oxygen atoms in total. The monoisotopic (exact) mass is 535 g/mol. The maximum absolute atomic E-state index is 12.8. The Hall–Kier alpha value is -0.286. The van der Waals surface area contributed by atoms with Gasteiger partial charge in [-0.15, -0.1) is 23.8 Å². The van der Waals surface area contributed by atoms with Crippen LogP contribution in [-0.4, -0.2) is 35.2 Å². The molecule has 0 saturated heterocycles. The first-order valence-corrected chi connectivity index (χ1v) is 8.35. The van der Waals surface area contributed by atoms with Crippen molar-refractivity contribution in [1.82, 2.24) is 4.90 Å². The minimum Gasteiger partial charge on any atom is -0.481 e. The Balaban J connectivity index is 0.00000288. The molecule has 125 valence electrons. The Morgan fingerprint density at radius 2 is 2.21 bits per heavy atom. The van der Waals surface area contributed by atoms with E-state index in [0.717, 1.165) is 4.90 Å². The molecule has 0 bridgehead atoms. The van der Waals surface area contributed by atoms with Gasteiger partial charge in [-0.2, -0.15) is 0 Å². The van der Waals surface area contributed by atoms with Gasteiger partial charge in [0.2, 0.25) is 5.91 Å². The van der Waals surface area contributed by atoms with Crippen LogP contribution in [0.15, 0.2) is 22.7 Å². The fourth-order valence-electron chi connectivity index (χ4n) is 2.11. The van der Waals surface area contributed by atoms with Crippen LogP contribution in [-0.2, 0) is 37.5 Å². The second-order valence-corrected chi connectivity index (χ2v) is 6.63. The third-order valence-electron chi connectivity index (χ3n) is 3.09. The summed E-state index contributed by atoms with van der Waals surface area (Å²) in [5.74, 6) is 2.49. The van der Waals surface area contributed by atoms with Gasteiger partial charge in [-0.05, 0) is 12.1 Å². The molecule has 24 heavy (non-hydrogen) atoms. The van der Waals surface area contributed by atoms with Gasteiger partial charge in [-0.25, -0.2) is 14.9 Å². The second kappa shape index (κ2) is 10.0. The molecule has 2 rings (SSSR count). The van der Waals surface area contributed by atoms with Crippen LogP contribution in [0.5, 0.6) is 5.75 Å². The van der Waals surface area contributed by atoms with Crippen molar-refractivity contribution in [3.05, 3.63) is 34.3 Å². The Morgan fingerprint density at radius 3 is 2.79 bits per heavy atom. The largest absolute Gasteiger partial charge is 0.481 e. The van der Waals surface area contributed by atoms with Crippen LogP contribution in [0.4, 0.5) is 8.78 Å². The van der Waals surface area contributed by atoms with Crippen LogP contribution in [0.25, 0.3) is 5.70 Å². The minimum absolute atomic E-state index is 0. The topological polar surface area (TPSA) is 29.5 Å². The molecular formula is C16H12Br2F2NO2Y-. The van der Waals surface area contributed by atoms with Crippen molar-refractivity contribution < 1.29 is 51.0 Å². The molecule has 0 fully saturated rings. The predicted molar refractivity (Wildman–Crippen MR) is 90.2 cm³/mol. The Kier molecular flexibility index (Phi) is 9.07. The van der Waals surface area contributed by atoms with E-state index >= 15 is 0 Å². The van der Waals surface area contributed by atoms with Crippen LogP contribution >= 0.6 is 31.9 Å². The van der Waals surface area contributed by atoms with Gasteiger partial charge in [0.1, 0.15) is 12.4 Å². The zero-order valence-electron chi connectivity index (χ0n) is 12.4. The van der Waals surface area contributed by atoms with Gasteiger partial charge in [0.15, 0.2) is 0 Å². The van der Waals surface area contributed by atoms with E-state index in [9.17, 15) is 13.6 Å². The molecule has 8 heteroatoms. The van der Waals surface area contributed by atoms with Gasteiger partial charge in [0, 0.05) is 32.7 Å². The van der Waals surface area contributed by atoms with E-state index in [1.807, 2.05) is 0 Å². The molecule has 1 aliphatic rings. The molecule has 0 spiro atoms. The van der Waals surface area contributed by atoms with E-state index in [4.69, 9.17) is 11.2 Å². The Morgan fingerprint density at radius 1 is 1.50 bits per heavy atom. The van der Waals surface area contributed by atoms with Crippen molar-refractivity contribution in [3.8, 4) is 18.1 Å². The number of amides is 1. The third-order valence-corrected chi connectivity index (χ3v) is 4.46. The maximum Gasteiger partial charge on any atom is 0.256 e. The number of hydrogen-bond donors (Lipinski definition) is 0. The van der Waals surface area contributed by atoms with Crippen molar-refractivity contribution in [3.63, 3.8) is 0 Å². The molecule has 1 radical (unpaired) electrons. The number of alkyl halides is 3. The van der Waals surface area contributed by atoms with Crippen molar-refractivity contribution in [2.75, 3.05) is 13.2 Å². The van der Waals surface area contributed by atoms with Crippen molar-refractivity contribution in [2.24, 2.45) is 0 Å². The number of benzene rings is 1. The SMILES string of the molecule is C#CCOc1ccc(C2=[C-]CC(Br)C(=O)N2CC(F)F)c(Br)c1.[Y]. The molecule has 1 aromatic rings. The quantitative estimate of drug-likeness (QED) is 0.325. The van der Waals surface area contributed by atoms with Gasteiger partial charge in [0.05, 0.1) is 11.4 Å². The smallest absolute Gasteiger partial charge is 0.256 e. The van der Waals surface area contributed by atoms with E-state index in [2.05, 4.69) is 43.9 Å². The molecule has 0 N–H and O–H groups in total. The summed E-state index contributed by atoms with van der Waals surface area (Å²) in [5, 5.41) is 0. The standard InChI is InChI=1S/C16H12Br2F2NO2.Y/c1-2-7-23-10-3-4-11(13(18)8-10)14-6-5-12(17)16(22)21(14)9-15(19)20;/h1,3-4,8,12,15H,5,7,9H2;/q-1;. The number of terminal acetylenes is 1. The molecule has 1 heterocycles. The van der Waals surface area contributed by atoms with Crippen LogP contribution in [0.1, 0.15) is 12.0 Å². The van der Waals surface area contributed by atoms with Crippen LogP contribution in [0.3, 0.4) is 0 Å². The summed E-state index contributed by atoms with van der Waals surface area (Å²) in [5.41, 5.74) is 0.924. The van der Waals surface area contributed by atoms with Gasteiger partial charge >= 0.3 is 0 Å². The van der Waals surface area contributed by atoms with Crippen molar-refractivity contribution in [2.45, 2.75) is 17.7 Å². The van der Waals surface area contributed by atoms with Gasteiger partial charge in [-0.3, -0.25) is 4.79 Å². The first-order chi connectivity index (χ1) is 10.9. The third kappa shape index (κ3) is 5.35. The van der Waals surface area contributed by atoms with Crippen LogP contribution < -0.4 is 4.74 Å². The number of hydrogen-bond acceptors (Lipinski definition) is 2. The summed E-state index contributed by atoms with van der Waals surface area (Å²) in [7, 11) is 0. The average molecular weight is 537 g/mol. The number of nitrogens with zero attached hydrogens (tertiary/aromatic N) is 1. The van der Waals surface area contributed by atoms with Gasteiger partial charge in [-0.1, -0.05) is 48.7 Å². The molecule has 0 saturated carbocycles. The molecule has 0 aromatic heterocycles. The van der Waals surface area contributed by atoms with Crippen LogP contribution in [0.2, 0.25) is 0 Å². The minimum atomic E-state index is -2.63. The van der Waals surface area contributed by atoms with E-state index in [1.165, 1.54) is 0 Å². The van der Waals surface area contributed by atoms with E-state index < -0.39 is 23.7 Å². The molecule has 1 aromatic carbocycles. The van der Waals surface area contributed by atoms with E-state index in [1.54, 1.807) is 18.2 Å². The number of carbonyl (C=O) groups excluding carboxylic acids is 1. The fourth-order valence-corrected chi connectivity index (χ4v) is 3.07. The summed E-state index contributed by atoms with van der Waals surface area (Å²) >= 11 is 6.55. The zero-order chi connectivity index (χ0) is 17.0. The summed E-state index contributed by atoms with van der Waals surface area (Å²) < 4.78 is 31.5. The Bertz CT molecular complexity index is 677. The van der Waals surface area contributed by atoms with Crippen molar-refractivity contribution >= 4 is 43.5 Å². The number of ether oxygens (including phenoxy) is 1. The molecule has 1 aliphatic heterocycles. The average Bonchev–Trinajstić information content (AvgIpc) is 2.50. The normalized spacial score (nSPS) is 17.2. The Labute approximate surface area is 181 Å². The second-order valence-electron chi connectivity index (χ2n) is 4.67. The molecular weight excluding hydrogens is 525 g/mol. The number of allylic oxidation sites excluding steroid dienone is 1. The molecule has 0 aliphatic carbocycles. The number of carbonyl (C=O) groups is 1. The summed E-state index contributed by atoms with van der Waals surface area (Å²) in [6.07, 6.45) is 5.83. The summed E-state index contributed by atoms with van der Waals surface area (Å²) in [6, 6.07) is 5.02. The first kappa shape index (κ1) is 21.8. The van der Waals surface area contributed by atoms with E-state index in [0.29, 0.717) is 27.9 Å². The first-order valence-electron chi connectivity index (χ1n) is 6.64. The maximum atomic E-state index is 12.8. The number of halogens is 4. The zero-order valence-corrected chi connectivity index (χ0v) is 18.4. The number of rotatable bonds is 5. The molecule has 1 atom stereocenters. The van der Waals surface area contributed by atoms with Gasteiger partial charge in [0.25, 0.3) is 6.43 Å². The van der Waals surface area contributed by atoms with Gasteiger partial charge < -0.3 is 9.64 Å². The van der Waals surface area contributed by atoms with E-state index in [-0.39, 0.29) is 39.3 Å². The summed E-state index contributed by atoms with van der Waals surface area (Å²) in [6.45, 7) is -0.549. The summed E-state index contributed by atoms with van der Waals surface area (Å²) in [4.78, 5) is 12.7. The predicted octanol–water partition coefficient (Wildman–Crippen LogP) is 3.86. The molecule has 1 amide bonds. The molecule has 1 unspecified atom stereocenters. The van der Waals surface area contributed by atoms with Crippen molar-refractivity contribution in [1.29, 1.82) is 0 Å². The fraction of sp³-hybridized carbons (Fsp3) is 0.312.